The molecular weight excluding hydrogens is 389 g/mol. The summed E-state index contributed by atoms with van der Waals surface area (Å²) in [5.74, 6) is -0.843. The quantitative estimate of drug-likeness (QED) is 0.773. The van der Waals surface area contributed by atoms with Crippen molar-refractivity contribution in [3.63, 3.8) is 0 Å². The molecule has 6 atom stereocenters. The second-order valence-electron chi connectivity index (χ2n) is 8.70. The third-order valence-electron chi connectivity index (χ3n) is 7.53. The standard InChI is InChI=1S/C20H19F3N2O4/c1-17-14-15(28-6-5-19(14)8-13(26)18(17,2)29-19)25(16(17)27)11-4-3-10(9-24)12(7-11)20(21,22)23/h3-4,7,13-15,26H,5-6,8H2,1-2H3/t13-,14-,15+,17-,18-,19+/m1/s1. The number of halogens is 3. The fourth-order valence-corrected chi connectivity index (χ4v) is 6.05. The van der Waals surface area contributed by atoms with Crippen LogP contribution in [0.15, 0.2) is 18.2 Å². The largest absolute Gasteiger partial charge is 0.417 e. The van der Waals surface area contributed by atoms with Gasteiger partial charge < -0.3 is 14.6 Å². The van der Waals surface area contributed by atoms with E-state index in [0.717, 1.165) is 12.1 Å². The van der Waals surface area contributed by atoms with E-state index in [1.165, 1.54) is 11.0 Å². The van der Waals surface area contributed by atoms with Crippen molar-refractivity contribution >= 4 is 11.6 Å². The van der Waals surface area contributed by atoms with E-state index in [1.807, 2.05) is 0 Å². The van der Waals surface area contributed by atoms with Crippen molar-refractivity contribution in [2.24, 2.45) is 11.3 Å². The summed E-state index contributed by atoms with van der Waals surface area (Å²) in [7, 11) is 0. The maximum absolute atomic E-state index is 13.6. The van der Waals surface area contributed by atoms with Crippen molar-refractivity contribution in [2.75, 3.05) is 11.5 Å². The first kappa shape index (κ1) is 18.9. The van der Waals surface area contributed by atoms with Gasteiger partial charge in [0.1, 0.15) is 11.8 Å². The van der Waals surface area contributed by atoms with Crippen LogP contribution in [0.4, 0.5) is 18.9 Å². The van der Waals surface area contributed by atoms with Crippen LogP contribution in [0, 0.1) is 22.7 Å². The molecule has 4 saturated heterocycles. The number of carbonyl (C=O) groups is 1. The topological polar surface area (TPSA) is 82.8 Å². The zero-order valence-corrected chi connectivity index (χ0v) is 15.8. The Bertz CT molecular complexity index is 975. The summed E-state index contributed by atoms with van der Waals surface area (Å²) in [6.07, 6.45) is -5.49. The molecule has 0 saturated carbocycles. The summed E-state index contributed by atoms with van der Waals surface area (Å²) in [6, 6.07) is 4.78. The number of alkyl halides is 3. The number of anilines is 1. The van der Waals surface area contributed by atoms with Crippen LogP contribution in [0.5, 0.6) is 0 Å². The number of hydrogen-bond donors (Lipinski definition) is 1. The van der Waals surface area contributed by atoms with Gasteiger partial charge in [-0.1, -0.05) is 0 Å². The zero-order chi connectivity index (χ0) is 21.0. The molecule has 0 aliphatic carbocycles. The normalized spacial score (nSPS) is 42.9. The van der Waals surface area contributed by atoms with Gasteiger partial charge in [0.2, 0.25) is 5.91 Å². The van der Waals surface area contributed by atoms with Crippen LogP contribution in [0.25, 0.3) is 0 Å². The summed E-state index contributed by atoms with van der Waals surface area (Å²) in [5.41, 5.74) is -4.60. The molecule has 154 valence electrons. The number of aliphatic hydroxyl groups excluding tert-OH is 1. The molecule has 9 heteroatoms. The fraction of sp³-hybridized carbons (Fsp3) is 0.600. The Morgan fingerprint density at radius 2 is 2.07 bits per heavy atom. The van der Waals surface area contributed by atoms with E-state index in [1.54, 1.807) is 19.9 Å². The molecule has 6 nitrogen and oxygen atoms in total. The number of carbonyl (C=O) groups excluding carboxylic acids is 1. The molecule has 1 aromatic carbocycles. The number of aliphatic hydroxyl groups is 1. The Kier molecular flexibility index (Phi) is 3.45. The van der Waals surface area contributed by atoms with Gasteiger partial charge in [0.05, 0.1) is 46.8 Å². The van der Waals surface area contributed by atoms with Crippen molar-refractivity contribution in [3.8, 4) is 6.07 Å². The van der Waals surface area contributed by atoms with Crippen LogP contribution in [0.1, 0.15) is 37.8 Å². The number of rotatable bonds is 1. The van der Waals surface area contributed by atoms with Crippen LogP contribution in [0.2, 0.25) is 0 Å². The van der Waals surface area contributed by atoms with E-state index < -0.39 is 58.1 Å². The van der Waals surface area contributed by atoms with Crippen LogP contribution in [-0.2, 0) is 20.4 Å². The molecule has 0 radical (unpaired) electrons. The number of benzene rings is 1. The molecular formula is C20H19F3N2O4. The second-order valence-corrected chi connectivity index (χ2v) is 8.70. The minimum absolute atomic E-state index is 0.0245. The number of hydrogen-bond acceptors (Lipinski definition) is 5. The fourth-order valence-electron chi connectivity index (χ4n) is 6.05. The van der Waals surface area contributed by atoms with Gasteiger partial charge >= 0.3 is 6.18 Å². The third kappa shape index (κ3) is 2.00. The molecule has 1 N–H and O–H groups in total. The number of fused-ring (bicyclic) bond motifs is 2. The van der Waals surface area contributed by atoms with Crippen molar-refractivity contribution in [2.45, 2.75) is 56.4 Å². The highest BCUT2D eigenvalue weighted by Gasteiger charge is 2.83. The summed E-state index contributed by atoms with van der Waals surface area (Å²) in [4.78, 5) is 14.9. The number of amides is 1. The van der Waals surface area contributed by atoms with Crippen LogP contribution >= 0.6 is 0 Å². The lowest BCUT2D eigenvalue weighted by Gasteiger charge is -2.45. The lowest BCUT2D eigenvalue weighted by Crippen LogP contribution is -2.58. The Hall–Kier alpha value is -2.15. The SMILES string of the molecule is C[C@@]12C(=O)N(c3ccc(C#N)c(C(F)(F)F)c3)[C@H]3OCC[C@]4(C[C@@H](O)[C@@]1(C)O4)[C@H]32. The molecule has 0 aromatic heterocycles. The molecule has 4 aliphatic heterocycles. The molecule has 1 amide bonds. The third-order valence-corrected chi connectivity index (χ3v) is 7.53. The lowest BCUT2D eigenvalue weighted by atomic mass is 9.56. The van der Waals surface area contributed by atoms with Gasteiger partial charge in [-0.15, -0.1) is 0 Å². The van der Waals surface area contributed by atoms with Gasteiger partial charge in [-0.05, 0) is 32.0 Å². The van der Waals surface area contributed by atoms with Gasteiger partial charge in [-0.3, -0.25) is 9.69 Å². The van der Waals surface area contributed by atoms with E-state index in [2.05, 4.69) is 0 Å². The summed E-state index contributed by atoms with van der Waals surface area (Å²) < 4.78 is 52.6. The molecule has 4 aliphatic rings. The molecule has 4 heterocycles. The second kappa shape index (κ2) is 5.31. The van der Waals surface area contributed by atoms with E-state index in [-0.39, 0.29) is 12.3 Å². The average molecular weight is 408 g/mol. The van der Waals surface area contributed by atoms with Gasteiger partial charge in [-0.2, -0.15) is 18.4 Å². The summed E-state index contributed by atoms with van der Waals surface area (Å²) in [6.45, 7) is 3.68. The zero-order valence-electron chi connectivity index (χ0n) is 15.8. The monoisotopic (exact) mass is 408 g/mol. The van der Waals surface area contributed by atoms with Gasteiger partial charge in [0, 0.05) is 18.5 Å². The van der Waals surface area contributed by atoms with Crippen molar-refractivity contribution in [1.29, 1.82) is 5.26 Å². The Morgan fingerprint density at radius 1 is 1.34 bits per heavy atom. The van der Waals surface area contributed by atoms with Crippen LogP contribution < -0.4 is 4.90 Å². The smallest absolute Gasteiger partial charge is 0.390 e. The highest BCUT2D eigenvalue weighted by molar-refractivity contribution is 6.02. The highest BCUT2D eigenvalue weighted by atomic mass is 19.4. The van der Waals surface area contributed by atoms with Gasteiger partial charge in [0.25, 0.3) is 0 Å². The van der Waals surface area contributed by atoms with Crippen molar-refractivity contribution in [1.82, 2.24) is 0 Å². The Balaban J connectivity index is 1.67. The minimum atomic E-state index is -4.73. The molecule has 5 rings (SSSR count). The van der Waals surface area contributed by atoms with Crippen LogP contribution in [0.3, 0.4) is 0 Å². The predicted molar refractivity (Wildman–Crippen MR) is 92.4 cm³/mol. The number of nitriles is 1. The van der Waals surface area contributed by atoms with E-state index in [9.17, 15) is 23.1 Å². The lowest BCUT2D eigenvalue weighted by molar-refractivity contribution is -0.147. The van der Waals surface area contributed by atoms with E-state index >= 15 is 0 Å². The number of ether oxygens (including phenoxy) is 2. The van der Waals surface area contributed by atoms with Crippen molar-refractivity contribution in [3.05, 3.63) is 29.3 Å². The van der Waals surface area contributed by atoms with Crippen LogP contribution in [-0.4, -0.2) is 41.2 Å². The first-order valence-corrected chi connectivity index (χ1v) is 9.44. The predicted octanol–water partition coefficient (Wildman–Crippen LogP) is 2.58. The Labute approximate surface area is 164 Å². The van der Waals surface area contributed by atoms with E-state index in [0.29, 0.717) is 12.8 Å². The minimum Gasteiger partial charge on any atom is -0.390 e. The average Bonchev–Trinajstić information content (AvgIpc) is 3.13. The van der Waals surface area contributed by atoms with Gasteiger partial charge in [-0.25, -0.2) is 0 Å². The molecule has 2 bridgehead atoms. The number of nitrogens with zero attached hydrogens (tertiary/aromatic N) is 2. The molecule has 1 spiro atoms. The first-order valence-electron chi connectivity index (χ1n) is 9.44. The summed E-state index contributed by atoms with van der Waals surface area (Å²) >= 11 is 0. The highest BCUT2D eigenvalue weighted by Crippen LogP contribution is 2.71. The molecule has 0 unspecified atom stereocenters. The van der Waals surface area contributed by atoms with Gasteiger partial charge in [0.15, 0.2) is 0 Å². The Morgan fingerprint density at radius 3 is 2.72 bits per heavy atom. The maximum Gasteiger partial charge on any atom is 0.417 e. The van der Waals surface area contributed by atoms with Crippen molar-refractivity contribution < 1.29 is 32.5 Å². The molecule has 29 heavy (non-hydrogen) atoms. The summed E-state index contributed by atoms with van der Waals surface area (Å²) in [5, 5.41) is 19.7. The molecule has 4 fully saturated rings. The molecule has 1 aromatic rings. The van der Waals surface area contributed by atoms with E-state index in [4.69, 9.17) is 14.7 Å². The maximum atomic E-state index is 13.6. The first-order chi connectivity index (χ1) is 13.5.